The SMILES string of the molecule is COCCCOc1ccc(S(=O)(=O)Cl)c(C)c1C. The maximum absolute atomic E-state index is 11.3. The number of hydrogen-bond donors (Lipinski definition) is 0. The number of benzene rings is 1. The molecule has 0 unspecified atom stereocenters. The van der Waals surface area contributed by atoms with Crippen LogP contribution in [0.25, 0.3) is 0 Å². The molecule has 0 aromatic heterocycles. The van der Waals surface area contributed by atoms with Gasteiger partial charge in [0.25, 0.3) is 9.05 Å². The number of methoxy groups -OCH3 is 1. The number of ether oxygens (including phenoxy) is 2. The molecule has 0 aliphatic carbocycles. The Morgan fingerprint density at radius 1 is 1.17 bits per heavy atom. The molecule has 0 amide bonds. The summed E-state index contributed by atoms with van der Waals surface area (Å²) in [6.07, 6.45) is 0.782. The molecule has 18 heavy (non-hydrogen) atoms. The smallest absolute Gasteiger partial charge is 0.261 e. The highest BCUT2D eigenvalue weighted by Crippen LogP contribution is 2.28. The zero-order chi connectivity index (χ0) is 13.8. The normalized spacial score (nSPS) is 11.6. The minimum Gasteiger partial charge on any atom is -0.493 e. The molecular formula is C12H17ClO4S. The van der Waals surface area contributed by atoms with Crippen molar-refractivity contribution >= 4 is 19.7 Å². The molecule has 0 radical (unpaired) electrons. The van der Waals surface area contributed by atoms with Crippen molar-refractivity contribution in [1.29, 1.82) is 0 Å². The van der Waals surface area contributed by atoms with E-state index in [1.54, 1.807) is 20.1 Å². The van der Waals surface area contributed by atoms with E-state index in [9.17, 15) is 8.42 Å². The second kappa shape index (κ2) is 6.41. The average Bonchev–Trinajstić information content (AvgIpc) is 2.28. The Morgan fingerprint density at radius 3 is 2.39 bits per heavy atom. The summed E-state index contributed by atoms with van der Waals surface area (Å²) in [4.78, 5) is 0.130. The summed E-state index contributed by atoms with van der Waals surface area (Å²) in [5.74, 6) is 0.674. The number of rotatable bonds is 6. The summed E-state index contributed by atoms with van der Waals surface area (Å²) in [7, 11) is 3.28. The molecule has 6 heteroatoms. The van der Waals surface area contributed by atoms with Gasteiger partial charge in [-0.15, -0.1) is 0 Å². The largest absolute Gasteiger partial charge is 0.493 e. The first-order valence-corrected chi connectivity index (χ1v) is 7.85. The van der Waals surface area contributed by atoms with Gasteiger partial charge in [-0.2, -0.15) is 0 Å². The van der Waals surface area contributed by atoms with Crippen LogP contribution in [0.5, 0.6) is 5.75 Å². The Labute approximate surface area is 112 Å². The van der Waals surface area contributed by atoms with Crippen LogP contribution in [0.2, 0.25) is 0 Å². The van der Waals surface area contributed by atoms with Gasteiger partial charge in [-0.1, -0.05) is 0 Å². The average molecular weight is 293 g/mol. The van der Waals surface area contributed by atoms with Gasteiger partial charge >= 0.3 is 0 Å². The van der Waals surface area contributed by atoms with Crippen molar-refractivity contribution in [3.8, 4) is 5.75 Å². The highest BCUT2D eigenvalue weighted by Gasteiger charge is 2.16. The van der Waals surface area contributed by atoms with Gasteiger partial charge in [0.15, 0.2) is 0 Å². The highest BCUT2D eigenvalue weighted by atomic mass is 35.7. The van der Waals surface area contributed by atoms with Gasteiger partial charge in [-0.25, -0.2) is 8.42 Å². The van der Waals surface area contributed by atoms with Gasteiger partial charge < -0.3 is 9.47 Å². The molecule has 4 nitrogen and oxygen atoms in total. The van der Waals surface area contributed by atoms with Crippen molar-refractivity contribution in [2.45, 2.75) is 25.2 Å². The van der Waals surface area contributed by atoms with Gasteiger partial charge in [-0.05, 0) is 37.1 Å². The number of hydrogen-bond acceptors (Lipinski definition) is 4. The molecule has 102 valence electrons. The second-order valence-electron chi connectivity index (χ2n) is 3.94. The monoisotopic (exact) mass is 292 g/mol. The standard InChI is InChI=1S/C12H17ClO4S/c1-9-10(2)12(18(13,14)15)6-5-11(9)17-8-4-7-16-3/h5-6H,4,7-8H2,1-3H3. The van der Waals surface area contributed by atoms with Crippen molar-refractivity contribution in [2.24, 2.45) is 0 Å². The van der Waals surface area contributed by atoms with E-state index in [2.05, 4.69) is 0 Å². The Hall–Kier alpha value is -0.780. The molecule has 0 heterocycles. The van der Waals surface area contributed by atoms with E-state index >= 15 is 0 Å². The van der Waals surface area contributed by atoms with Crippen molar-refractivity contribution in [3.05, 3.63) is 23.3 Å². The zero-order valence-electron chi connectivity index (χ0n) is 10.7. The fraction of sp³-hybridized carbons (Fsp3) is 0.500. The molecule has 0 N–H and O–H groups in total. The Bertz CT molecular complexity index is 511. The lowest BCUT2D eigenvalue weighted by molar-refractivity contribution is 0.172. The molecule has 0 fully saturated rings. The van der Waals surface area contributed by atoms with Crippen molar-refractivity contribution in [3.63, 3.8) is 0 Å². The summed E-state index contributed by atoms with van der Waals surface area (Å²) in [6, 6.07) is 3.10. The first kappa shape index (κ1) is 15.3. The minimum atomic E-state index is -3.71. The molecule has 0 bridgehead atoms. The summed E-state index contributed by atoms with van der Waals surface area (Å²) < 4.78 is 33.1. The van der Waals surface area contributed by atoms with E-state index in [1.807, 2.05) is 6.92 Å². The summed E-state index contributed by atoms with van der Waals surface area (Å²) >= 11 is 0. The van der Waals surface area contributed by atoms with Crippen LogP contribution in [0.15, 0.2) is 17.0 Å². The van der Waals surface area contributed by atoms with Gasteiger partial charge in [0, 0.05) is 30.8 Å². The third kappa shape index (κ3) is 3.86. The van der Waals surface area contributed by atoms with Gasteiger partial charge in [0.05, 0.1) is 11.5 Å². The summed E-state index contributed by atoms with van der Waals surface area (Å²) in [6.45, 7) is 4.69. The molecule has 0 spiro atoms. The molecule has 1 aromatic carbocycles. The van der Waals surface area contributed by atoms with E-state index in [0.29, 0.717) is 24.5 Å². The Balaban J connectivity index is 2.88. The number of halogens is 1. The minimum absolute atomic E-state index is 0.130. The lowest BCUT2D eigenvalue weighted by Crippen LogP contribution is -2.04. The van der Waals surface area contributed by atoms with E-state index < -0.39 is 9.05 Å². The van der Waals surface area contributed by atoms with Gasteiger partial charge in [0.2, 0.25) is 0 Å². The van der Waals surface area contributed by atoms with Crippen LogP contribution in [-0.4, -0.2) is 28.7 Å². The van der Waals surface area contributed by atoms with Crippen molar-refractivity contribution < 1.29 is 17.9 Å². The zero-order valence-corrected chi connectivity index (χ0v) is 12.3. The lowest BCUT2D eigenvalue weighted by Gasteiger charge is -2.12. The fourth-order valence-corrected chi connectivity index (χ4v) is 2.83. The van der Waals surface area contributed by atoms with E-state index in [4.69, 9.17) is 20.2 Å². The van der Waals surface area contributed by atoms with E-state index in [0.717, 1.165) is 12.0 Å². The van der Waals surface area contributed by atoms with E-state index in [1.165, 1.54) is 6.07 Å². The molecule has 0 aliphatic rings. The summed E-state index contributed by atoms with van der Waals surface area (Å²) in [5, 5.41) is 0. The third-order valence-electron chi connectivity index (χ3n) is 2.70. The van der Waals surface area contributed by atoms with Crippen LogP contribution in [0.4, 0.5) is 0 Å². The topological polar surface area (TPSA) is 52.6 Å². The maximum Gasteiger partial charge on any atom is 0.261 e. The van der Waals surface area contributed by atoms with Crippen LogP contribution < -0.4 is 4.74 Å². The molecule has 1 aromatic rings. The first-order valence-electron chi connectivity index (χ1n) is 5.54. The highest BCUT2D eigenvalue weighted by molar-refractivity contribution is 8.13. The van der Waals surface area contributed by atoms with Crippen molar-refractivity contribution in [2.75, 3.05) is 20.3 Å². The molecular weight excluding hydrogens is 276 g/mol. The van der Waals surface area contributed by atoms with Crippen molar-refractivity contribution in [1.82, 2.24) is 0 Å². The predicted molar refractivity (Wildman–Crippen MR) is 70.9 cm³/mol. The molecule has 0 saturated heterocycles. The van der Waals surface area contributed by atoms with Crippen LogP contribution in [0.1, 0.15) is 17.5 Å². The molecule has 0 saturated carbocycles. The Morgan fingerprint density at radius 2 is 1.83 bits per heavy atom. The quantitative estimate of drug-likeness (QED) is 0.597. The van der Waals surface area contributed by atoms with Crippen LogP contribution in [0, 0.1) is 13.8 Å². The lowest BCUT2D eigenvalue weighted by atomic mass is 10.1. The van der Waals surface area contributed by atoms with Gasteiger partial charge in [-0.3, -0.25) is 0 Å². The van der Waals surface area contributed by atoms with E-state index in [-0.39, 0.29) is 4.90 Å². The maximum atomic E-state index is 11.3. The third-order valence-corrected chi connectivity index (χ3v) is 4.17. The first-order chi connectivity index (χ1) is 8.38. The summed E-state index contributed by atoms with van der Waals surface area (Å²) in [5.41, 5.74) is 1.41. The molecule has 1 rings (SSSR count). The van der Waals surface area contributed by atoms with Crippen LogP contribution in [-0.2, 0) is 13.8 Å². The van der Waals surface area contributed by atoms with Crippen LogP contribution in [0.3, 0.4) is 0 Å². The molecule has 0 aliphatic heterocycles. The molecule has 0 atom stereocenters. The second-order valence-corrected chi connectivity index (χ2v) is 6.48. The Kier molecular flexibility index (Phi) is 5.44. The fourth-order valence-electron chi connectivity index (χ4n) is 1.58. The predicted octanol–water partition coefficient (Wildman–Crippen LogP) is 2.65. The van der Waals surface area contributed by atoms with Gasteiger partial charge in [0.1, 0.15) is 5.75 Å². The van der Waals surface area contributed by atoms with Crippen LogP contribution >= 0.6 is 10.7 Å².